The minimum atomic E-state index is -1.16. The number of methoxy groups -OCH3 is 2. The number of hydrogen-bond acceptors (Lipinski definition) is 6. The van der Waals surface area contributed by atoms with Gasteiger partial charge in [-0.1, -0.05) is 17.7 Å². The van der Waals surface area contributed by atoms with Gasteiger partial charge in [-0.2, -0.15) is 0 Å². The number of carboxylic acid groups (broad SMARTS) is 1. The molecule has 2 aromatic carbocycles. The first kappa shape index (κ1) is 21.0. The van der Waals surface area contributed by atoms with Crippen LogP contribution in [-0.4, -0.2) is 42.6 Å². The second kappa shape index (κ2) is 7.93. The van der Waals surface area contributed by atoms with E-state index in [9.17, 15) is 14.7 Å². The molecule has 2 aliphatic heterocycles. The highest BCUT2D eigenvalue weighted by Crippen LogP contribution is 2.54. The van der Waals surface area contributed by atoms with E-state index in [1.54, 1.807) is 28.8 Å². The summed E-state index contributed by atoms with van der Waals surface area (Å²) in [5, 5.41) is 13.1. The van der Waals surface area contributed by atoms with Crippen molar-refractivity contribution in [3.63, 3.8) is 0 Å². The van der Waals surface area contributed by atoms with Crippen molar-refractivity contribution in [1.29, 1.82) is 0 Å². The van der Waals surface area contributed by atoms with Gasteiger partial charge in [0, 0.05) is 34.8 Å². The lowest BCUT2D eigenvalue weighted by molar-refractivity contribution is -0.116. The average molecular weight is 471 g/mol. The number of fused-ring (bicyclic) bond motifs is 2. The van der Waals surface area contributed by atoms with Crippen LogP contribution >= 0.6 is 11.6 Å². The van der Waals surface area contributed by atoms with E-state index in [1.165, 1.54) is 20.4 Å². The number of benzene rings is 2. The minimum Gasteiger partial charge on any atom is -0.492 e. The molecule has 0 radical (unpaired) electrons. The number of ether oxygens (including phenoxy) is 4. The van der Waals surface area contributed by atoms with Crippen LogP contribution < -0.4 is 24.3 Å². The molecule has 1 amide bonds. The average Bonchev–Trinajstić information content (AvgIpc) is 3.41. The van der Waals surface area contributed by atoms with Crippen LogP contribution in [0.1, 0.15) is 34.0 Å². The molecule has 170 valence electrons. The maximum absolute atomic E-state index is 12.7. The van der Waals surface area contributed by atoms with Crippen molar-refractivity contribution in [1.82, 2.24) is 4.57 Å². The number of nitrogens with one attached hydrogen (secondary N) is 1. The lowest BCUT2D eigenvalue weighted by Gasteiger charge is -2.28. The number of anilines is 1. The number of carboxylic acids is 1. The van der Waals surface area contributed by atoms with Crippen molar-refractivity contribution in [2.24, 2.45) is 0 Å². The summed E-state index contributed by atoms with van der Waals surface area (Å²) in [6.07, 6.45) is 1.53. The summed E-state index contributed by atoms with van der Waals surface area (Å²) in [5.41, 5.74) is 2.03. The van der Waals surface area contributed by atoms with Crippen LogP contribution in [0.3, 0.4) is 0 Å². The first-order valence-corrected chi connectivity index (χ1v) is 10.4. The summed E-state index contributed by atoms with van der Waals surface area (Å²) in [5.74, 6) is -0.470. The van der Waals surface area contributed by atoms with Crippen LogP contribution in [-0.2, 0) is 4.79 Å². The predicted octanol–water partition coefficient (Wildman–Crippen LogP) is 4.05. The fraction of sp³-hybridized carbons (Fsp3) is 0.217. The first-order valence-electron chi connectivity index (χ1n) is 10.0. The van der Waals surface area contributed by atoms with Crippen LogP contribution in [0.4, 0.5) is 5.69 Å². The quantitative estimate of drug-likeness (QED) is 0.579. The van der Waals surface area contributed by atoms with Crippen LogP contribution in [0.25, 0.3) is 5.69 Å². The zero-order chi connectivity index (χ0) is 23.3. The number of carbonyl (C=O) groups excluding carboxylic acids is 1. The summed E-state index contributed by atoms with van der Waals surface area (Å²) in [7, 11) is 2.98. The molecule has 1 aromatic heterocycles. The molecule has 1 unspecified atom stereocenters. The standard InChI is InChI=1S/C23H19ClN2O7/c1-30-20-14(7-16-21(22(20)31-2)33-10-32-16)13-8-17(27)25-18-15(23(28)29)9-26(19(13)18)12-5-3-4-11(24)6-12/h3-7,9,13H,8,10H2,1-2H3,(H,25,27)(H,28,29). The third kappa shape index (κ3) is 3.32. The second-order valence-corrected chi connectivity index (χ2v) is 7.97. The normalized spacial score (nSPS) is 16.2. The summed E-state index contributed by atoms with van der Waals surface area (Å²) in [6.45, 7) is 0.0246. The van der Waals surface area contributed by atoms with Gasteiger partial charge in [-0.25, -0.2) is 4.79 Å². The Bertz CT molecular complexity index is 1300. The fourth-order valence-electron chi connectivity index (χ4n) is 4.40. The van der Waals surface area contributed by atoms with Gasteiger partial charge in [-0.15, -0.1) is 0 Å². The van der Waals surface area contributed by atoms with Crippen molar-refractivity contribution >= 4 is 29.2 Å². The van der Waals surface area contributed by atoms with Crippen molar-refractivity contribution in [2.45, 2.75) is 12.3 Å². The van der Waals surface area contributed by atoms with Gasteiger partial charge in [0.25, 0.3) is 0 Å². The number of aromatic carboxylic acids is 1. The van der Waals surface area contributed by atoms with Crippen LogP contribution in [0.15, 0.2) is 36.5 Å². The van der Waals surface area contributed by atoms with Gasteiger partial charge in [-0.3, -0.25) is 4.79 Å². The van der Waals surface area contributed by atoms with Crippen molar-refractivity contribution < 1.29 is 33.6 Å². The van der Waals surface area contributed by atoms with Crippen molar-refractivity contribution in [3.05, 3.63) is 58.4 Å². The van der Waals surface area contributed by atoms with E-state index in [-0.39, 0.29) is 30.4 Å². The Balaban J connectivity index is 1.80. The predicted molar refractivity (Wildman–Crippen MR) is 118 cm³/mol. The number of halogens is 1. The maximum Gasteiger partial charge on any atom is 0.339 e. The Morgan fingerprint density at radius 1 is 1.21 bits per heavy atom. The van der Waals surface area contributed by atoms with E-state index >= 15 is 0 Å². The summed E-state index contributed by atoms with van der Waals surface area (Å²) in [6, 6.07) is 8.77. The molecule has 0 fully saturated rings. The molecule has 33 heavy (non-hydrogen) atoms. The van der Waals surface area contributed by atoms with Crippen molar-refractivity contribution in [3.8, 4) is 28.7 Å². The van der Waals surface area contributed by atoms with Gasteiger partial charge in [0.1, 0.15) is 5.56 Å². The van der Waals surface area contributed by atoms with Crippen LogP contribution in [0, 0.1) is 0 Å². The summed E-state index contributed by atoms with van der Waals surface area (Å²) >= 11 is 6.21. The Morgan fingerprint density at radius 3 is 2.70 bits per heavy atom. The number of aromatic nitrogens is 1. The first-order chi connectivity index (χ1) is 15.9. The van der Waals surface area contributed by atoms with Gasteiger partial charge in [0.15, 0.2) is 11.5 Å². The van der Waals surface area contributed by atoms with E-state index in [0.717, 1.165) is 0 Å². The molecule has 1 atom stereocenters. The smallest absolute Gasteiger partial charge is 0.339 e. The summed E-state index contributed by atoms with van der Waals surface area (Å²) < 4.78 is 24.1. The van der Waals surface area contributed by atoms with E-state index in [1.807, 2.05) is 6.07 Å². The highest BCUT2D eigenvalue weighted by molar-refractivity contribution is 6.30. The molecule has 5 rings (SSSR count). The topological polar surface area (TPSA) is 108 Å². The molecule has 2 N–H and O–H groups in total. The number of nitrogens with zero attached hydrogens (tertiary/aromatic N) is 1. The number of carbonyl (C=O) groups is 2. The molecule has 0 bridgehead atoms. The molecule has 3 aromatic rings. The van der Waals surface area contributed by atoms with Gasteiger partial charge in [0.2, 0.25) is 24.2 Å². The lowest BCUT2D eigenvalue weighted by Crippen LogP contribution is -2.26. The van der Waals surface area contributed by atoms with Crippen LogP contribution in [0.5, 0.6) is 23.0 Å². The molecule has 3 heterocycles. The van der Waals surface area contributed by atoms with E-state index in [0.29, 0.717) is 45.0 Å². The highest BCUT2D eigenvalue weighted by Gasteiger charge is 2.38. The summed E-state index contributed by atoms with van der Waals surface area (Å²) in [4.78, 5) is 24.7. The maximum atomic E-state index is 12.7. The molecular weight excluding hydrogens is 452 g/mol. The van der Waals surface area contributed by atoms with Crippen LogP contribution in [0.2, 0.25) is 5.02 Å². The van der Waals surface area contributed by atoms with Crippen molar-refractivity contribution in [2.75, 3.05) is 26.3 Å². The molecule has 9 nitrogen and oxygen atoms in total. The molecule has 0 aliphatic carbocycles. The Labute approximate surface area is 193 Å². The Kier molecular flexibility index (Phi) is 5.05. The molecule has 0 spiro atoms. The van der Waals surface area contributed by atoms with Gasteiger partial charge < -0.3 is 33.9 Å². The second-order valence-electron chi connectivity index (χ2n) is 7.53. The minimum absolute atomic E-state index is 0.0246. The zero-order valence-electron chi connectivity index (χ0n) is 17.7. The van der Waals surface area contributed by atoms with E-state index < -0.39 is 11.9 Å². The third-order valence-electron chi connectivity index (χ3n) is 5.73. The third-order valence-corrected chi connectivity index (χ3v) is 5.97. The lowest BCUT2D eigenvalue weighted by atomic mass is 9.87. The molecule has 0 saturated heterocycles. The largest absolute Gasteiger partial charge is 0.492 e. The Morgan fingerprint density at radius 2 is 2.00 bits per heavy atom. The monoisotopic (exact) mass is 470 g/mol. The van der Waals surface area contributed by atoms with E-state index in [4.69, 9.17) is 30.5 Å². The van der Waals surface area contributed by atoms with Gasteiger partial charge in [-0.05, 0) is 24.3 Å². The van der Waals surface area contributed by atoms with Gasteiger partial charge >= 0.3 is 5.97 Å². The SMILES string of the molecule is COc1c(C2CC(=O)Nc3c(C(=O)O)cn(-c4cccc(Cl)c4)c32)cc2c(c1OC)OCO2. The fourth-order valence-corrected chi connectivity index (χ4v) is 4.58. The number of amides is 1. The zero-order valence-corrected chi connectivity index (χ0v) is 18.4. The molecule has 0 saturated carbocycles. The number of rotatable bonds is 5. The van der Waals surface area contributed by atoms with E-state index in [2.05, 4.69) is 5.32 Å². The molecular formula is C23H19ClN2O7. The van der Waals surface area contributed by atoms with Gasteiger partial charge in [0.05, 0.1) is 25.6 Å². The molecule has 2 aliphatic rings. The Hall–Kier alpha value is -3.85. The molecule has 10 heteroatoms. The number of hydrogen-bond donors (Lipinski definition) is 2. The highest BCUT2D eigenvalue weighted by atomic mass is 35.5.